The third-order valence-electron chi connectivity index (χ3n) is 3.52. The van der Waals surface area contributed by atoms with Crippen molar-refractivity contribution in [1.82, 2.24) is 14.5 Å². The maximum atomic E-state index is 12.4. The molecule has 124 valence electrons. The van der Waals surface area contributed by atoms with Crippen LogP contribution in [0.3, 0.4) is 0 Å². The van der Waals surface area contributed by atoms with E-state index >= 15 is 0 Å². The summed E-state index contributed by atoms with van der Waals surface area (Å²) in [6, 6.07) is 7.03. The van der Waals surface area contributed by atoms with Gasteiger partial charge in [0.05, 0.1) is 19.3 Å². The summed E-state index contributed by atoms with van der Waals surface area (Å²) in [4.78, 5) is 18.1. The van der Waals surface area contributed by atoms with E-state index in [1.54, 1.807) is 60.9 Å². The van der Waals surface area contributed by atoms with Crippen molar-refractivity contribution in [3.63, 3.8) is 0 Å². The van der Waals surface area contributed by atoms with Crippen molar-refractivity contribution in [2.24, 2.45) is 7.05 Å². The van der Waals surface area contributed by atoms with Gasteiger partial charge in [-0.15, -0.1) is 0 Å². The lowest BCUT2D eigenvalue weighted by molar-refractivity contribution is -0.137. The number of halogens is 1. The molecular formula is C16H20ClN3O3. The first-order chi connectivity index (χ1) is 10.9. The van der Waals surface area contributed by atoms with Crippen molar-refractivity contribution in [2.75, 3.05) is 7.05 Å². The van der Waals surface area contributed by atoms with Gasteiger partial charge in [-0.2, -0.15) is 0 Å². The number of aromatic nitrogens is 2. The van der Waals surface area contributed by atoms with Gasteiger partial charge in [-0.3, -0.25) is 4.79 Å². The summed E-state index contributed by atoms with van der Waals surface area (Å²) >= 11 is 5.94. The Balaban J connectivity index is 1.99. The molecule has 0 saturated heterocycles. The number of carbonyl (C=O) groups is 1. The summed E-state index contributed by atoms with van der Waals surface area (Å²) in [5.41, 5.74) is 0.734. The molecule has 0 aliphatic rings. The Morgan fingerprint density at radius 1 is 1.52 bits per heavy atom. The predicted molar refractivity (Wildman–Crippen MR) is 87.1 cm³/mol. The molecule has 1 aromatic carbocycles. The fourth-order valence-electron chi connectivity index (χ4n) is 2.14. The van der Waals surface area contributed by atoms with Crippen LogP contribution in [0.1, 0.15) is 18.3 Å². The van der Waals surface area contributed by atoms with E-state index in [-0.39, 0.29) is 12.5 Å². The maximum Gasteiger partial charge on any atom is 0.263 e. The van der Waals surface area contributed by atoms with Crippen molar-refractivity contribution < 1.29 is 14.6 Å². The normalized spacial score (nSPS) is 12.0. The summed E-state index contributed by atoms with van der Waals surface area (Å²) in [7, 11) is 3.48. The minimum Gasteiger partial charge on any atom is -0.481 e. The number of carbonyl (C=O) groups excluding carboxylic acids is 1. The van der Waals surface area contributed by atoms with Gasteiger partial charge in [-0.05, 0) is 24.6 Å². The first kappa shape index (κ1) is 17.3. The van der Waals surface area contributed by atoms with Crippen LogP contribution in [0, 0.1) is 0 Å². The molecule has 0 aliphatic carbocycles. The van der Waals surface area contributed by atoms with E-state index in [2.05, 4.69) is 4.98 Å². The average molecular weight is 338 g/mol. The molecule has 0 saturated carbocycles. The molecule has 7 heteroatoms. The molecule has 1 atom stereocenters. The van der Waals surface area contributed by atoms with Gasteiger partial charge in [0.1, 0.15) is 16.7 Å². The van der Waals surface area contributed by atoms with E-state index in [4.69, 9.17) is 21.4 Å². The van der Waals surface area contributed by atoms with Crippen LogP contribution in [0.5, 0.6) is 5.75 Å². The highest BCUT2D eigenvalue weighted by Gasteiger charge is 2.21. The van der Waals surface area contributed by atoms with E-state index in [1.165, 1.54) is 0 Å². The van der Waals surface area contributed by atoms with E-state index in [0.29, 0.717) is 23.3 Å². The fraction of sp³-hybridized carbons (Fsp3) is 0.375. The van der Waals surface area contributed by atoms with Crippen molar-refractivity contribution in [1.29, 1.82) is 0 Å². The van der Waals surface area contributed by atoms with Gasteiger partial charge in [0.2, 0.25) is 0 Å². The van der Waals surface area contributed by atoms with Crippen molar-refractivity contribution in [2.45, 2.75) is 26.2 Å². The number of imidazole rings is 1. The second-order valence-electron chi connectivity index (χ2n) is 5.32. The molecular weight excluding hydrogens is 318 g/mol. The standard InChI is InChI=1S/C16H20ClN3O3/c1-11(23-13-6-4-5-12(7-13)10-21)16(22)19(2)9-15-18-8-14(17)20(15)3/h4-8,11,21H,9-10H2,1-3H3. The number of amides is 1. The Morgan fingerprint density at radius 2 is 2.26 bits per heavy atom. The predicted octanol–water partition coefficient (Wildman–Crippen LogP) is 1.99. The molecule has 1 heterocycles. The molecule has 0 radical (unpaired) electrons. The van der Waals surface area contributed by atoms with Gasteiger partial charge < -0.3 is 19.3 Å². The number of aliphatic hydroxyl groups is 1. The van der Waals surface area contributed by atoms with E-state index in [0.717, 1.165) is 5.56 Å². The summed E-state index contributed by atoms with van der Waals surface area (Å²) in [5, 5.41) is 9.65. The number of rotatable bonds is 6. The monoisotopic (exact) mass is 337 g/mol. The number of nitrogens with zero attached hydrogens (tertiary/aromatic N) is 3. The number of hydrogen-bond acceptors (Lipinski definition) is 4. The molecule has 23 heavy (non-hydrogen) atoms. The zero-order chi connectivity index (χ0) is 17.0. The number of aliphatic hydroxyl groups excluding tert-OH is 1. The highest BCUT2D eigenvalue weighted by atomic mass is 35.5. The zero-order valence-electron chi connectivity index (χ0n) is 13.4. The first-order valence-electron chi connectivity index (χ1n) is 7.20. The van der Waals surface area contributed by atoms with Crippen LogP contribution < -0.4 is 4.74 Å². The SMILES string of the molecule is CC(Oc1cccc(CO)c1)C(=O)N(C)Cc1ncc(Cl)n1C. The van der Waals surface area contributed by atoms with Gasteiger partial charge >= 0.3 is 0 Å². The number of hydrogen-bond donors (Lipinski definition) is 1. The molecule has 0 fully saturated rings. The zero-order valence-corrected chi connectivity index (χ0v) is 14.1. The summed E-state index contributed by atoms with van der Waals surface area (Å²) in [6.45, 7) is 1.96. The van der Waals surface area contributed by atoms with E-state index in [1.807, 2.05) is 0 Å². The molecule has 0 aliphatic heterocycles. The van der Waals surface area contributed by atoms with E-state index < -0.39 is 6.10 Å². The van der Waals surface area contributed by atoms with Crippen LogP contribution in [-0.2, 0) is 25.0 Å². The molecule has 2 aromatic rings. The van der Waals surface area contributed by atoms with Crippen molar-refractivity contribution >= 4 is 17.5 Å². The molecule has 0 bridgehead atoms. The van der Waals surface area contributed by atoms with Crippen molar-refractivity contribution in [3.05, 3.63) is 47.0 Å². The number of ether oxygens (including phenoxy) is 1. The Bertz CT molecular complexity index is 687. The Kier molecular flexibility index (Phi) is 5.63. The highest BCUT2D eigenvalue weighted by molar-refractivity contribution is 6.29. The van der Waals surface area contributed by atoms with Crippen LogP contribution in [0.25, 0.3) is 0 Å². The lowest BCUT2D eigenvalue weighted by Crippen LogP contribution is -2.38. The summed E-state index contributed by atoms with van der Waals surface area (Å²) in [6.07, 6.45) is 0.903. The molecule has 0 spiro atoms. The minimum atomic E-state index is -0.648. The van der Waals surface area contributed by atoms with Crippen LogP contribution in [0.4, 0.5) is 0 Å². The molecule has 1 unspecified atom stereocenters. The maximum absolute atomic E-state index is 12.4. The summed E-state index contributed by atoms with van der Waals surface area (Å²) < 4.78 is 7.38. The molecule has 1 N–H and O–H groups in total. The lowest BCUT2D eigenvalue weighted by atomic mass is 10.2. The second kappa shape index (κ2) is 7.48. The van der Waals surface area contributed by atoms with Crippen LogP contribution in [-0.4, -0.2) is 38.6 Å². The Hall–Kier alpha value is -2.05. The number of benzene rings is 1. The molecule has 6 nitrogen and oxygen atoms in total. The van der Waals surface area contributed by atoms with Gasteiger partial charge in [-0.1, -0.05) is 23.7 Å². The average Bonchev–Trinajstić information content (AvgIpc) is 2.86. The Morgan fingerprint density at radius 3 is 2.87 bits per heavy atom. The fourth-order valence-corrected chi connectivity index (χ4v) is 2.29. The van der Waals surface area contributed by atoms with Gasteiger partial charge in [0, 0.05) is 14.1 Å². The van der Waals surface area contributed by atoms with Gasteiger partial charge in [0.15, 0.2) is 6.10 Å². The van der Waals surface area contributed by atoms with Gasteiger partial charge in [0.25, 0.3) is 5.91 Å². The molecule has 1 aromatic heterocycles. The topological polar surface area (TPSA) is 67.6 Å². The van der Waals surface area contributed by atoms with Crippen molar-refractivity contribution in [3.8, 4) is 5.75 Å². The highest BCUT2D eigenvalue weighted by Crippen LogP contribution is 2.16. The second-order valence-corrected chi connectivity index (χ2v) is 5.70. The third-order valence-corrected chi connectivity index (χ3v) is 3.88. The molecule has 2 rings (SSSR count). The Labute approximate surface area is 140 Å². The minimum absolute atomic E-state index is 0.0701. The third kappa shape index (κ3) is 4.24. The van der Waals surface area contributed by atoms with Crippen LogP contribution in [0.15, 0.2) is 30.5 Å². The molecule has 1 amide bonds. The first-order valence-corrected chi connectivity index (χ1v) is 7.57. The van der Waals surface area contributed by atoms with Crippen LogP contribution >= 0.6 is 11.6 Å². The van der Waals surface area contributed by atoms with Crippen LogP contribution in [0.2, 0.25) is 5.15 Å². The van der Waals surface area contributed by atoms with Gasteiger partial charge in [-0.25, -0.2) is 4.98 Å². The quantitative estimate of drug-likeness (QED) is 0.875. The largest absolute Gasteiger partial charge is 0.481 e. The smallest absolute Gasteiger partial charge is 0.263 e. The number of likely N-dealkylation sites (N-methyl/N-ethyl adjacent to an activating group) is 1. The lowest BCUT2D eigenvalue weighted by Gasteiger charge is -2.22. The van der Waals surface area contributed by atoms with E-state index in [9.17, 15) is 4.79 Å². The summed E-state index contributed by atoms with van der Waals surface area (Å²) in [5.74, 6) is 1.07.